The van der Waals surface area contributed by atoms with E-state index in [2.05, 4.69) is 14.7 Å². The molecule has 114 valence electrons. The maximum Gasteiger partial charge on any atom is 0.244 e. The summed E-state index contributed by atoms with van der Waals surface area (Å²) in [6.45, 7) is 5.23. The van der Waals surface area contributed by atoms with Crippen molar-refractivity contribution in [2.45, 2.75) is 38.8 Å². The molecule has 0 aliphatic heterocycles. The van der Waals surface area contributed by atoms with E-state index in [9.17, 15) is 8.42 Å². The van der Waals surface area contributed by atoms with Gasteiger partial charge in [0.15, 0.2) is 0 Å². The number of hydrogen-bond acceptors (Lipinski definition) is 6. The van der Waals surface area contributed by atoms with Crippen molar-refractivity contribution >= 4 is 10.0 Å². The number of rotatable bonds is 5. The highest BCUT2D eigenvalue weighted by Gasteiger charge is 2.25. The van der Waals surface area contributed by atoms with Crippen molar-refractivity contribution < 1.29 is 12.8 Å². The molecule has 21 heavy (non-hydrogen) atoms. The van der Waals surface area contributed by atoms with E-state index in [-0.39, 0.29) is 18.0 Å². The fourth-order valence-corrected chi connectivity index (χ4v) is 3.60. The number of furan rings is 1. The van der Waals surface area contributed by atoms with Gasteiger partial charge in [0.25, 0.3) is 0 Å². The molecule has 0 amide bonds. The van der Waals surface area contributed by atoms with E-state index in [0.29, 0.717) is 28.6 Å². The standard InChI is InChI=1S/C13H18N4O3S/c1-8-12(6-14)13(9(2)20-8)21(18,19)16-7-11-4-5-15-10(3)17-11/h4-5,16H,6-7,14H2,1-3H3. The lowest BCUT2D eigenvalue weighted by molar-refractivity contribution is 0.494. The molecule has 2 rings (SSSR count). The van der Waals surface area contributed by atoms with E-state index >= 15 is 0 Å². The summed E-state index contributed by atoms with van der Waals surface area (Å²) >= 11 is 0. The summed E-state index contributed by atoms with van der Waals surface area (Å²) in [7, 11) is -3.71. The quantitative estimate of drug-likeness (QED) is 0.850. The van der Waals surface area contributed by atoms with Gasteiger partial charge in [-0.2, -0.15) is 0 Å². The minimum atomic E-state index is -3.71. The summed E-state index contributed by atoms with van der Waals surface area (Å²) in [6.07, 6.45) is 1.59. The van der Waals surface area contributed by atoms with Crippen LogP contribution in [0.2, 0.25) is 0 Å². The number of hydrogen-bond donors (Lipinski definition) is 2. The van der Waals surface area contributed by atoms with Crippen LogP contribution in [0, 0.1) is 20.8 Å². The molecule has 0 unspecified atom stereocenters. The molecule has 0 saturated carbocycles. The Morgan fingerprint density at radius 1 is 1.29 bits per heavy atom. The summed E-state index contributed by atoms with van der Waals surface area (Å²) < 4.78 is 32.8. The minimum absolute atomic E-state index is 0.0827. The maximum absolute atomic E-state index is 12.4. The second-order valence-corrected chi connectivity index (χ2v) is 6.35. The normalized spacial score (nSPS) is 11.8. The first-order chi connectivity index (χ1) is 9.85. The molecule has 2 heterocycles. The Kier molecular flexibility index (Phi) is 4.40. The van der Waals surface area contributed by atoms with Crippen LogP contribution in [0.3, 0.4) is 0 Å². The van der Waals surface area contributed by atoms with Crippen LogP contribution in [-0.4, -0.2) is 18.4 Å². The lowest BCUT2D eigenvalue weighted by Crippen LogP contribution is -2.25. The third kappa shape index (κ3) is 3.29. The highest BCUT2D eigenvalue weighted by molar-refractivity contribution is 7.89. The van der Waals surface area contributed by atoms with Crippen molar-refractivity contribution in [1.29, 1.82) is 0 Å². The Labute approximate surface area is 123 Å². The van der Waals surface area contributed by atoms with Crippen LogP contribution in [0.15, 0.2) is 21.6 Å². The van der Waals surface area contributed by atoms with Gasteiger partial charge < -0.3 is 10.2 Å². The molecule has 0 bridgehead atoms. The molecule has 0 atom stereocenters. The third-order valence-electron chi connectivity index (χ3n) is 3.07. The zero-order valence-electron chi connectivity index (χ0n) is 12.2. The predicted octanol–water partition coefficient (Wildman–Crippen LogP) is 0.932. The number of nitrogens with one attached hydrogen (secondary N) is 1. The summed E-state index contributed by atoms with van der Waals surface area (Å²) in [6, 6.07) is 1.66. The first-order valence-electron chi connectivity index (χ1n) is 6.42. The van der Waals surface area contributed by atoms with Crippen LogP contribution in [0.25, 0.3) is 0 Å². The van der Waals surface area contributed by atoms with Crippen LogP contribution < -0.4 is 10.5 Å². The molecule has 2 aromatic heterocycles. The fraction of sp³-hybridized carbons (Fsp3) is 0.385. The summed E-state index contributed by atoms with van der Waals surface area (Å²) in [4.78, 5) is 8.24. The Morgan fingerprint density at radius 2 is 2.00 bits per heavy atom. The molecule has 3 N–H and O–H groups in total. The molecular weight excluding hydrogens is 292 g/mol. The molecule has 0 radical (unpaired) electrons. The Bertz CT molecular complexity index is 753. The first-order valence-corrected chi connectivity index (χ1v) is 7.90. The number of nitrogens with zero attached hydrogens (tertiary/aromatic N) is 2. The highest BCUT2D eigenvalue weighted by Crippen LogP contribution is 2.26. The van der Waals surface area contributed by atoms with E-state index < -0.39 is 10.0 Å². The Hall–Kier alpha value is -1.77. The zero-order chi connectivity index (χ0) is 15.6. The average Bonchev–Trinajstić information content (AvgIpc) is 2.71. The molecule has 0 aliphatic rings. The van der Waals surface area contributed by atoms with Gasteiger partial charge in [-0.15, -0.1) is 0 Å². The van der Waals surface area contributed by atoms with Gasteiger partial charge in [0, 0.05) is 18.3 Å². The van der Waals surface area contributed by atoms with Gasteiger partial charge in [-0.1, -0.05) is 0 Å². The van der Waals surface area contributed by atoms with Gasteiger partial charge in [0.1, 0.15) is 22.2 Å². The van der Waals surface area contributed by atoms with Crippen LogP contribution in [-0.2, 0) is 23.1 Å². The molecular formula is C13H18N4O3S. The van der Waals surface area contributed by atoms with Crippen LogP contribution >= 0.6 is 0 Å². The van der Waals surface area contributed by atoms with Gasteiger partial charge in [0.05, 0.1) is 12.2 Å². The number of sulfonamides is 1. The largest absolute Gasteiger partial charge is 0.465 e. The third-order valence-corrected chi connectivity index (χ3v) is 4.67. The lowest BCUT2D eigenvalue weighted by Gasteiger charge is -2.07. The monoisotopic (exact) mass is 310 g/mol. The van der Waals surface area contributed by atoms with Crippen LogP contribution in [0.5, 0.6) is 0 Å². The molecule has 7 nitrogen and oxygen atoms in total. The van der Waals surface area contributed by atoms with Crippen molar-refractivity contribution in [3.63, 3.8) is 0 Å². The van der Waals surface area contributed by atoms with E-state index in [1.54, 1.807) is 33.0 Å². The molecule has 0 fully saturated rings. The van der Waals surface area contributed by atoms with E-state index in [4.69, 9.17) is 10.2 Å². The van der Waals surface area contributed by atoms with Crippen molar-refractivity contribution in [2.75, 3.05) is 0 Å². The SMILES string of the molecule is Cc1nccc(CNS(=O)(=O)c2c(C)oc(C)c2CN)n1. The summed E-state index contributed by atoms with van der Waals surface area (Å²) in [5, 5.41) is 0. The van der Waals surface area contributed by atoms with E-state index in [1.807, 2.05) is 0 Å². The Balaban J connectivity index is 2.27. The lowest BCUT2D eigenvalue weighted by atomic mass is 10.2. The van der Waals surface area contributed by atoms with Crippen molar-refractivity contribution in [3.05, 3.63) is 40.9 Å². The molecule has 2 aromatic rings. The van der Waals surface area contributed by atoms with Crippen LogP contribution in [0.4, 0.5) is 0 Å². The van der Waals surface area contributed by atoms with Crippen molar-refractivity contribution in [3.8, 4) is 0 Å². The molecule has 0 aromatic carbocycles. The minimum Gasteiger partial charge on any atom is -0.465 e. The number of aryl methyl sites for hydroxylation is 3. The van der Waals surface area contributed by atoms with Gasteiger partial charge >= 0.3 is 0 Å². The molecule has 0 saturated heterocycles. The second-order valence-electron chi connectivity index (χ2n) is 4.65. The first kappa shape index (κ1) is 15.6. The smallest absolute Gasteiger partial charge is 0.244 e. The topological polar surface area (TPSA) is 111 Å². The van der Waals surface area contributed by atoms with Crippen molar-refractivity contribution in [1.82, 2.24) is 14.7 Å². The van der Waals surface area contributed by atoms with E-state index in [1.165, 1.54) is 0 Å². The van der Waals surface area contributed by atoms with Gasteiger partial charge in [-0.3, -0.25) is 0 Å². The number of nitrogens with two attached hydrogens (primary N) is 1. The summed E-state index contributed by atoms with van der Waals surface area (Å²) in [5.74, 6) is 1.44. The second kappa shape index (κ2) is 5.92. The Morgan fingerprint density at radius 3 is 2.62 bits per heavy atom. The van der Waals surface area contributed by atoms with Crippen molar-refractivity contribution in [2.24, 2.45) is 5.73 Å². The van der Waals surface area contributed by atoms with Gasteiger partial charge in [0.2, 0.25) is 10.0 Å². The van der Waals surface area contributed by atoms with E-state index in [0.717, 1.165) is 0 Å². The average molecular weight is 310 g/mol. The molecule has 8 heteroatoms. The number of aromatic nitrogens is 2. The molecule has 0 spiro atoms. The predicted molar refractivity (Wildman–Crippen MR) is 76.9 cm³/mol. The summed E-state index contributed by atoms with van der Waals surface area (Å²) in [5.41, 5.74) is 6.71. The van der Waals surface area contributed by atoms with Gasteiger partial charge in [-0.05, 0) is 26.8 Å². The zero-order valence-corrected chi connectivity index (χ0v) is 13.0. The van der Waals surface area contributed by atoms with Crippen LogP contribution in [0.1, 0.15) is 28.6 Å². The maximum atomic E-state index is 12.4. The molecule has 0 aliphatic carbocycles. The van der Waals surface area contributed by atoms with Gasteiger partial charge in [-0.25, -0.2) is 23.1 Å². The fourth-order valence-electron chi connectivity index (χ4n) is 2.14. The highest BCUT2D eigenvalue weighted by atomic mass is 32.2.